The number of carboxylic acid groups (broad SMARTS) is 1. The van der Waals surface area contributed by atoms with Crippen molar-refractivity contribution < 1.29 is 14.6 Å². The van der Waals surface area contributed by atoms with Crippen molar-refractivity contribution >= 4 is 5.97 Å². The lowest BCUT2D eigenvalue weighted by atomic mass is 9.99. The first-order valence-electron chi connectivity index (χ1n) is 6.13. The molecule has 16 heavy (non-hydrogen) atoms. The van der Waals surface area contributed by atoms with Crippen LogP contribution in [0.25, 0.3) is 0 Å². The number of hydrogen-bond donors (Lipinski definition) is 1. The molecule has 0 saturated heterocycles. The number of carbonyl (C=O) groups is 1. The summed E-state index contributed by atoms with van der Waals surface area (Å²) in [6.07, 6.45) is 4.75. The Morgan fingerprint density at radius 2 is 2.25 bits per heavy atom. The van der Waals surface area contributed by atoms with E-state index in [1.807, 2.05) is 0 Å². The molecule has 1 saturated carbocycles. The van der Waals surface area contributed by atoms with Crippen molar-refractivity contribution in [3.05, 3.63) is 0 Å². The Morgan fingerprint density at radius 1 is 1.50 bits per heavy atom. The van der Waals surface area contributed by atoms with Crippen LogP contribution in [-0.4, -0.2) is 48.8 Å². The lowest BCUT2D eigenvalue weighted by Crippen LogP contribution is -2.42. The van der Waals surface area contributed by atoms with Crippen LogP contribution in [0.2, 0.25) is 0 Å². The summed E-state index contributed by atoms with van der Waals surface area (Å²) in [7, 11) is 1.66. The van der Waals surface area contributed by atoms with E-state index in [2.05, 4.69) is 11.8 Å². The highest BCUT2D eigenvalue weighted by Gasteiger charge is 2.31. The summed E-state index contributed by atoms with van der Waals surface area (Å²) < 4.78 is 5.05. The molecular formula is C12H23NO3. The molecule has 1 fully saturated rings. The van der Waals surface area contributed by atoms with Crippen LogP contribution in [0.3, 0.4) is 0 Å². The zero-order valence-corrected chi connectivity index (χ0v) is 10.3. The van der Waals surface area contributed by atoms with E-state index in [0.717, 1.165) is 19.4 Å². The molecule has 4 heteroatoms. The van der Waals surface area contributed by atoms with Crippen molar-refractivity contribution in [1.29, 1.82) is 0 Å². The number of carboxylic acids is 1. The van der Waals surface area contributed by atoms with Gasteiger partial charge in [0.15, 0.2) is 0 Å². The minimum Gasteiger partial charge on any atom is -0.480 e. The van der Waals surface area contributed by atoms with Crippen LogP contribution >= 0.6 is 0 Å². The fourth-order valence-corrected chi connectivity index (χ4v) is 2.72. The average Bonchev–Trinajstić information content (AvgIpc) is 2.71. The predicted molar refractivity (Wildman–Crippen MR) is 62.5 cm³/mol. The van der Waals surface area contributed by atoms with Gasteiger partial charge in [0.1, 0.15) is 0 Å². The monoisotopic (exact) mass is 229 g/mol. The van der Waals surface area contributed by atoms with Gasteiger partial charge in [0.25, 0.3) is 0 Å². The largest absolute Gasteiger partial charge is 0.480 e. The van der Waals surface area contributed by atoms with Gasteiger partial charge >= 0.3 is 5.97 Å². The van der Waals surface area contributed by atoms with Crippen LogP contribution in [0.15, 0.2) is 0 Å². The van der Waals surface area contributed by atoms with Crippen molar-refractivity contribution in [2.45, 2.75) is 38.6 Å². The molecule has 0 spiro atoms. The summed E-state index contributed by atoms with van der Waals surface area (Å²) in [5.74, 6) is -0.0749. The number of aliphatic carboxylic acids is 1. The Labute approximate surface area is 97.6 Å². The van der Waals surface area contributed by atoms with Crippen molar-refractivity contribution in [1.82, 2.24) is 4.90 Å². The maximum atomic E-state index is 10.8. The Kier molecular flexibility index (Phi) is 5.77. The van der Waals surface area contributed by atoms with Gasteiger partial charge < -0.3 is 9.84 Å². The highest BCUT2D eigenvalue weighted by atomic mass is 16.5. The summed E-state index contributed by atoms with van der Waals surface area (Å²) >= 11 is 0. The van der Waals surface area contributed by atoms with E-state index in [-0.39, 0.29) is 6.54 Å². The molecule has 1 aliphatic rings. The summed E-state index contributed by atoms with van der Waals surface area (Å²) in [5, 5.41) is 8.92. The van der Waals surface area contributed by atoms with Crippen LogP contribution in [-0.2, 0) is 9.53 Å². The first-order valence-corrected chi connectivity index (χ1v) is 6.13. The fraction of sp³-hybridized carbons (Fsp3) is 0.917. The van der Waals surface area contributed by atoms with E-state index < -0.39 is 5.97 Å². The van der Waals surface area contributed by atoms with Crippen molar-refractivity contribution in [2.24, 2.45) is 5.92 Å². The van der Waals surface area contributed by atoms with Gasteiger partial charge in [0.05, 0.1) is 13.2 Å². The lowest BCUT2D eigenvalue weighted by Gasteiger charge is -2.31. The second-order valence-corrected chi connectivity index (χ2v) is 4.52. The maximum Gasteiger partial charge on any atom is 0.317 e. The summed E-state index contributed by atoms with van der Waals surface area (Å²) in [5.41, 5.74) is 0. The third kappa shape index (κ3) is 3.76. The van der Waals surface area contributed by atoms with Crippen LogP contribution in [0.1, 0.15) is 32.6 Å². The predicted octanol–water partition coefficient (Wildman–Crippen LogP) is 1.60. The smallest absolute Gasteiger partial charge is 0.317 e. The van der Waals surface area contributed by atoms with E-state index in [1.54, 1.807) is 7.11 Å². The zero-order valence-electron chi connectivity index (χ0n) is 10.3. The van der Waals surface area contributed by atoms with Gasteiger partial charge in [0.2, 0.25) is 0 Å². The van der Waals surface area contributed by atoms with E-state index in [4.69, 9.17) is 9.84 Å². The van der Waals surface area contributed by atoms with Gasteiger partial charge in [-0.1, -0.05) is 19.8 Å². The van der Waals surface area contributed by atoms with Crippen LogP contribution in [0.4, 0.5) is 0 Å². The molecule has 1 aliphatic carbocycles. The van der Waals surface area contributed by atoms with Gasteiger partial charge in [-0.3, -0.25) is 9.69 Å². The number of rotatable bonds is 7. The minimum atomic E-state index is -0.738. The van der Waals surface area contributed by atoms with Gasteiger partial charge in [-0.05, 0) is 18.8 Å². The van der Waals surface area contributed by atoms with E-state index in [9.17, 15) is 4.79 Å². The van der Waals surface area contributed by atoms with Gasteiger partial charge in [-0.15, -0.1) is 0 Å². The van der Waals surface area contributed by atoms with E-state index in [0.29, 0.717) is 18.6 Å². The van der Waals surface area contributed by atoms with E-state index >= 15 is 0 Å². The molecule has 1 N–H and O–H groups in total. The van der Waals surface area contributed by atoms with Gasteiger partial charge in [-0.25, -0.2) is 0 Å². The molecule has 2 unspecified atom stereocenters. The molecule has 0 aromatic carbocycles. The molecule has 94 valence electrons. The van der Waals surface area contributed by atoms with Crippen LogP contribution in [0, 0.1) is 5.92 Å². The molecule has 2 atom stereocenters. The lowest BCUT2D eigenvalue weighted by molar-refractivity contribution is -0.139. The third-order valence-electron chi connectivity index (χ3n) is 3.53. The molecule has 0 radical (unpaired) electrons. The second kappa shape index (κ2) is 6.86. The molecule has 0 aliphatic heterocycles. The molecular weight excluding hydrogens is 206 g/mol. The summed E-state index contributed by atoms with van der Waals surface area (Å²) in [4.78, 5) is 12.9. The van der Waals surface area contributed by atoms with Crippen molar-refractivity contribution in [3.8, 4) is 0 Å². The van der Waals surface area contributed by atoms with E-state index in [1.165, 1.54) is 12.8 Å². The molecule has 0 amide bonds. The fourth-order valence-electron chi connectivity index (χ4n) is 2.72. The molecule has 0 bridgehead atoms. The molecule has 0 heterocycles. The maximum absolute atomic E-state index is 10.8. The number of ether oxygens (including phenoxy) is 1. The molecule has 0 aromatic rings. The van der Waals surface area contributed by atoms with Crippen molar-refractivity contribution in [3.63, 3.8) is 0 Å². The summed E-state index contributed by atoms with van der Waals surface area (Å²) in [6, 6.07) is 0.441. The van der Waals surface area contributed by atoms with Crippen LogP contribution in [0.5, 0.6) is 0 Å². The van der Waals surface area contributed by atoms with Gasteiger partial charge in [-0.2, -0.15) is 0 Å². The second-order valence-electron chi connectivity index (χ2n) is 4.52. The molecule has 1 rings (SSSR count). The summed E-state index contributed by atoms with van der Waals surface area (Å²) in [6.45, 7) is 3.67. The highest BCUT2D eigenvalue weighted by molar-refractivity contribution is 5.69. The number of methoxy groups -OCH3 is 1. The first kappa shape index (κ1) is 13.5. The van der Waals surface area contributed by atoms with Crippen LogP contribution < -0.4 is 0 Å². The number of nitrogens with zero attached hydrogens (tertiary/aromatic N) is 1. The quantitative estimate of drug-likeness (QED) is 0.720. The Balaban J connectivity index is 2.55. The first-order chi connectivity index (χ1) is 7.69. The standard InChI is InChI=1S/C12H23NO3/c1-3-10-5-4-6-11(10)13(7-8-16-2)9-12(14)15/h10-11H,3-9H2,1-2H3,(H,14,15). The van der Waals surface area contributed by atoms with Gasteiger partial charge in [0, 0.05) is 19.7 Å². The highest BCUT2D eigenvalue weighted by Crippen LogP contribution is 2.31. The Hall–Kier alpha value is -0.610. The minimum absolute atomic E-state index is 0.143. The Bertz CT molecular complexity index is 220. The third-order valence-corrected chi connectivity index (χ3v) is 3.53. The Morgan fingerprint density at radius 3 is 2.81 bits per heavy atom. The normalized spacial score (nSPS) is 25.2. The SMILES string of the molecule is CCC1CCCC1N(CCOC)CC(=O)O. The van der Waals surface area contributed by atoms with Crippen molar-refractivity contribution in [2.75, 3.05) is 26.8 Å². The number of hydrogen-bond acceptors (Lipinski definition) is 3. The molecule has 4 nitrogen and oxygen atoms in total. The average molecular weight is 229 g/mol. The molecule has 0 aromatic heterocycles. The topological polar surface area (TPSA) is 49.8 Å². The zero-order chi connectivity index (χ0) is 12.0.